The molecule has 1 fully saturated rings. The van der Waals surface area contributed by atoms with Gasteiger partial charge in [-0.05, 0) is 56.3 Å². The molecule has 2 heterocycles. The lowest BCUT2D eigenvalue weighted by Gasteiger charge is -2.35. The second-order valence-electron chi connectivity index (χ2n) is 7.00. The number of piperidine rings is 1. The van der Waals surface area contributed by atoms with Crippen LogP contribution in [-0.2, 0) is 16.1 Å². The van der Waals surface area contributed by atoms with Gasteiger partial charge in [0.2, 0.25) is 5.91 Å². The molecule has 0 saturated carbocycles. The molecule has 28 heavy (non-hydrogen) atoms. The van der Waals surface area contributed by atoms with Crippen molar-refractivity contribution in [1.82, 2.24) is 15.6 Å². The fraction of sp³-hybridized carbons (Fsp3) is 0.381. The van der Waals surface area contributed by atoms with Gasteiger partial charge in [0.15, 0.2) is 0 Å². The zero-order valence-corrected chi connectivity index (χ0v) is 16.0. The second kappa shape index (κ2) is 9.43. The number of methoxy groups -OCH3 is 1. The number of pyridine rings is 1. The number of carbonyl (C=O) groups is 2. The highest BCUT2D eigenvalue weighted by Gasteiger charge is 2.39. The van der Waals surface area contributed by atoms with E-state index in [1.54, 1.807) is 37.6 Å². The summed E-state index contributed by atoms with van der Waals surface area (Å²) in [5.41, 5.74) is 1.33. The number of amides is 2. The zero-order chi connectivity index (χ0) is 19.8. The molecule has 0 unspecified atom stereocenters. The van der Waals surface area contributed by atoms with Crippen LogP contribution in [0.3, 0.4) is 0 Å². The maximum atomic E-state index is 12.9. The standard InChI is InChI=1S/C21H26N4O3/c1-28-15-21(8-11-22-12-9-21)20(27)25-17-7-4-5-16(13-17)19(26)24-14-18-6-2-3-10-23-18/h2-7,10,13,22H,8-9,11-12,14-15H2,1H3,(H,24,26)(H,25,27). The van der Waals surface area contributed by atoms with Gasteiger partial charge in [-0.25, -0.2) is 0 Å². The van der Waals surface area contributed by atoms with Crippen molar-refractivity contribution in [1.29, 1.82) is 0 Å². The Hall–Kier alpha value is -2.77. The molecular formula is C21H26N4O3. The molecule has 3 N–H and O–H groups in total. The van der Waals surface area contributed by atoms with Gasteiger partial charge in [0.25, 0.3) is 5.91 Å². The number of nitrogens with one attached hydrogen (secondary N) is 3. The Labute approximate surface area is 164 Å². The Kier molecular flexibility index (Phi) is 6.73. The number of anilines is 1. The Bertz CT molecular complexity index is 799. The van der Waals surface area contributed by atoms with E-state index in [1.165, 1.54) is 0 Å². The molecule has 1 aromatic heterocycles. The summed E-state index contributed by atoms with van der Waals surface area (Å²) in [6.07, 6.45) is 3.13. The molecule has 0 aliphatic carbocycles. The first-order valence-electron chi connectivity index (χ1n) is 9.42. The van der Waals surface area contributed by atoms with Crippen LogP contribution in [0.1, 0.15) is 28.9 Å². The highest BCUT2D eigenvalue weighted by molar-refractivity contribution is 5.98. The molecule has 148 valence electrons. The molecule has 1 aromatic carbocycles. The fourth-order valence-corrected chi connectivity index (χ4v) is 3.40. The van der Waals surface area contributed by atoms with Gasteiger partial charge in [-0.2, -0.15) is 0 Å². The van der Waals surface area contributed by atoms with Gasteiger partial charge in [0, 0.05) is 24.6 Å². The van der Waals surface area contributed by atoms with Crippen molar-refractivity contribution < 1.29 is 14.3 Å². The second-order valence-corrected chi connectivity index (χ2v) is 7.00. The molecule has 3 rings (SSSR count). The smallest absolute Gasteiger partial charge is 0.251 e. The summed E-state index contributed by atoms with van der Waals surface area (Å²) in [5, 5.41) is 9.09. The van der Waals surface area contributed by atoms with Gasteiger partial charge in [-0.3, -0.25) is 14.6 Å². The van der Waals surface area contributed by atoms with Gasteiger partial charge in [-0.15, -0.1) is 0 Å². The quantitative estimate of drug-likeness (QED) is 0.681. The maximum Gasteiger partial charge on any atom is 0.251 e. The molecule has 1 aliphatic heterocycles. The van der Waals surface area contributed by atoms with Crippen molar-refractivity contribution in [2.75, 3.05) is 32.1 Å². The summed E-state index contributed by atoms with van der Waals surface area (Å²) in [7, 11) is 1.61. The normalized spacial score (nSPS) is 15.6. The Balaban J connectivity index is 1.65. The van der Waals surface area contributed by atoms with E-state index in [2.05, 4.69) is 20.9 Å². The summed E-state index contributed by atoms with van der Waals surface area (Å²) in [6.45, 7) is 2.30. The van der Waals surface area contributed by atoms with E-state index in [0.29, 0.717) is 24.4 Å². The largest absolute Gasteiger partial charge is 0.384 e. The van der Waals surface area contributed by atoms with Crippen LogP contribution < -0.4 is 16.0 Å². The molecule has 7 nitrogen and oxygen atoms in total. The highest BCUT2D eigenvalue weighted by atomic mass is 16.5. The summed E-state index contributed by atoms with van der Waals surface area (Å²) in [5.74, 6) is -0.280. The number of ether oxygens (including phenoxy) is 1. The van der Waals surface area contributed by atoms with Crippen LogP contribution >= 0.6 is 0 Å². The van der Waals surface area contributed by atoms with Gasteiger partial charge >= 0.3 is 0 Å². The van der Waals surface area contributed by atoms with Crippen LogP contribution in [0.15, 0.2) is 48.7 Å². The summed E-state index contributed by atoms with van der Waals surface area (Å²) >= 11 is 0. The van der Waals surface area contributed by atoms with Gasteiger partial charge in [-0.1, -0.05) is 12.1 Å². The van der Waals surface area contributed by atoms with Gasteiger partial charge in [0.1, 0.15) is 0 Å². The Morgan fingerprint density at radius 3 is 2.71 bits per heavy atom. The van der Waals surface area contributed by atoms with E-state index in [4.69, 9.17) is 4.74 Å². The first kappa shape index (κ1) is 20.0. The van der Waals surface area contributed by atoms with Crippen LogP contribution in [0.2, 0.25) is 0 Å². The molecule has 1 saturated heterocycles. The van der Waals surface area contributed by atoms with Crippen molar-refractivity contribution in [2.45, 2.75) is 19.4 Å². The predicted octanol–water partition coefficient (Wildman–Crippen LogP) is 1.97. The van der Waals surface area contributed by atoms with Crippen LogP contribution in [0.4, 0.5) is 5.69 Å². The van der Waals surface area contributed by atoms with Crippen LogP contribution in [0.5, 0.6) is 0 Å². The number of rotatable bonds is 7. The monoisotopic (exact) mass is 382 g/mol. The van der Waals surface area contributed by atoms with E-state index in [-0.39, 0.29) is 11.8 Å². The summed E-state index contributed by atoms with van der Waals surface area (Å²) in [6, 6.07) is 12.5. The van der Waals surface area contributed by atoms with E-state index >= 15 is 0 Å². The minimum atomic E-state index is -0.544. The third kappa shape index (κ3) is 4.94. The minimum Gasteiger partial charge on any atom is -0.384 e. The number of benzene rings is 1. The number of carbonyl (C=O) groups excluding carboxylic acids is 2. The molecule has 7 heteroatoms. The number of nitrogens with zero attached hydrogens (tertiary/aromatic N) is 1. The molecule has 2 aromatic rings. The van der Waals surface area contributed by atoms with E-state index in [0.717, 1.165) is 31.6 Å². The minimum absolute atomic E-state index is 0.0677. The lowest BCUT2D eigenvalue weighted by atomic mass is 9.78. The van der Waals surface area contributed by atoms with Crippen molar-refractivity contribution >= 4 is 17.5 Å². The van der Waals surface area contributed by atoms with E-state index in [9.17, 15) is 9.59 Å². The van der Waals surface area contributed by atoms with Gasteiger partial charge in [0.05, 0.1) is 24.3 Å². The summed E-state index contributed by atoms with van der Waals surface area (Å²) < 4.78 is 5.32. The fourth-order valence-electron chi connectivity index (χ4n) is 3.40. The zero-order valence-electron chi connectivity index (χ0n) is 16.0. The molecule has 0 bridgehead atoms. The first-order chi connectivity index (χ1) is 13.6. The topological polar surface area (TPSA) is 92.3 Å². The SMILES string of the molecule is COCC1(C(=O)Nc2cccc(C(=O)NCc3ccccn3)c2)CCNCC1. The van der Waals surface area contributed by atoms with Crippen molar-refractivity contribution in [2.24, 2.45) is 5.41 Å². The average Bonchev–Trinajstić information content (AvgIpc) is 2.74. The molecule has 0 spiro atoms. The first-order valence-corrected chi connectivity index (χ1v) is 9.42. The average molecular weight is 382 g/mol. The van der Waals surface area contributed by atoms with Crippen molar-refractivity contribution in [3.63, 3.8) is 0 Å². The number of aromatic nitrogens is 1. The molecule has 1 aliphatic rings. The Morgan fingerprint density at radius 2 is 2.00 bits per heavy atom. The van der Waals surface area contributed by atoms with Crippen molar-refractivity contribution in [3.8, 4) is 0 Å². The van der Waals surface area contributed by atoms with Crippen LogP contribution in [0, 0.1) is 5.41 Å². The predicted molar refractivity (Wildman–Crippen MR) is 107 cm³/mol. The van der Waals surface area contributed by atoms with E-state index < -0.39 is 5.41 Å². The Morgan fingerprint density at radius 1 is 1.18 bits per heavy atom. The lowest BCUT2D eigenvalue weighted by Crippen LogP contribution is -2.47. The molecular weight excluding hydrogens is 356 g/mol. The van der Waals surface area contributed by atoms with Crippen LogP contribution in [-0.4, -0.2) is 43.6 Å². The van der Waals surface area contributed by atoms with E-state index in [1.807, 2.05) is 18.2 Å². The maximum absolute atomic E-state index is 12.9. The number of hydrogen-bond acceptors (Lipinski definition) is 5. The summed E-state index contributed by atoms with van der Waals surface area (Å²) in [4.78, 5) is 29.6. The molecule has 0 radical (unpaired) electrons. The lowest BCUT2D eigenvalue weighted by molar-refractivity contribution is -0.130. The van der Waals surface area contributed by atoms with Crippen LogP contribution in [0.25, 0.3) is 0 Å². The van der Waals surface area contributed by atoms with Crippen molar-refractivity contribution in [3.05, 3.63) is 59.9 Å². The van der Waals surface area contributed by atoms with Gasteiger partial charge < -0.3 is 20.7 Å². The molecule has 0 atom stereocenters. The highest BCUT2D eigenvalue weighted by Crippen LogP contribution is 2.31. The third-order valence-corrected chi connectivity index (χ3v) is 5.00. The molecule has 2 amide bonds. The third-order valence-electron chi connectivity index (χ3n) is 5.00. The number of hydrogen-bond donors (Lipinski definition) is 3.